The molecule has 3 heteroatoms. The van der Waals surface area contributed by atoms with Gasteiger partial charge in [0.1, 0.15) is 0 Å². The molecular weight excluding hydrogens is 244 g/mol. The standard InChI is InChI=1S/C11H15BrO2/c1-11(7-13,8-14)6-9-2-4-10(12)5-3-9/h2-5,13-14H,6-8H2,1H3. The molecule has 2 nitrogen and oxygen atoms in total. The van der Waals surface area contributed by atoms with Gasteiger partial charge in [-0.25, -0.2) is 0 Å². The summed E-state index contributed by atoms with van der Waals surface area (Å²) in [5.41, 5.74) is 0.701. The summed E-state index contributed by atoms with van der Waals surface area (Å²) in [6.45, 7) is 1.87. The van der Waals surface area contributed by atoms with E-state index in [0.717, 1.165) is 10.0 Å². The lowest BCUT2D eigenvalue weighted by Gasteiger charge is -2.24. The van der Waals surface area contributed by atoms with Gasteiger partial charge in [0.2, 0.25) is 0 Å². The molecule has 1 aromatic carbocycles. The van der Waals surface area contributed by atoms with E-state index in [1.54, 1.807) is 0 Å². The minimum atomic E-state index is -0.423. The second-order valence-electron chi connectivity index (χ2n) is 3.93. The van der Waals surface area contributed by atoms with Gasteiger partial charge in [-0.3, -0.25) is 0 Å². The van der Waals surface area contributed by atoms with Crippen LogP contribution in [-0.2, 0) is 6.42 Å². The molecule has 0 saturated heterocycles. The average molecular weight is 259 g/mol. The fourth-order valence-electron chi connectivity index (χ4n) is 1.26. The highest BCUT2D eigenvalue weighted by Crippen LogP contribution is 2.22. The van der Waals surface area contributed by atoms with Gasteiger partial charge in [-0.05, 0) is 24.1 Å². The molecule has 0 saturated carbocycles. The molecule has 0 aliphatic carbocycles. The summed E-state index contributed by atoms with van der Waals surface area (Å²) in [7, 11) is 0. The van der Waals surface area contributed by atoms with E-state index in [0.29, 0.717) is 6.42 Å². The number of benzene rings is 1. The molecule has 0 amide bonds. The van der Waals surface area contributed by atoms with Crippen LogP contribution in [0, 0.1) is 5.41 Å². The van der Waals surface area contributed by atoms with E-state index >= 15 is 0 Å². The molecule has 78 valence electrons. The fraction of sp³-hybridized carbons (Fsp3) is 0.455. The summed E-state index contributed by atoms with van der Waals surface area (Å²) in [4.78, 5) is 0. The van der Waals surface area contributed by atoms with Crippen molar-refractivity contribution in [1.29, 1.82) is 0 Å². The van der Waals surface area contributed by atoms with Crippen molar-refractivity contribution < 1.29 is 10.2 Å². The van der Waals surface area contributed by atoms with E-state index in [1.807, 2.05) is 31.2 Å². The first-order valence-corrected chi connectivity index (χ1v) is 5.35. The Morgan fingerprint density at radius 3 is 2.07 bits per heavy atom. The van der Waals surface area contributed by atoms with Gasteiger partial charge in [-0.1, -0.05) is 35.0 Å². The van der Waals surface area contributed by atoms with Crippen LogP contribution < -0.4 is 0 Å². The van der Waals surface area contributed by atoms with Gasteiger partial charge in [0.05, 0.1) is 13.2 Å². The minimum Gasteiger partial charge on any atom is -0.396 e. The van der Waals surface area contributed by atoms with E-state index in [9.17, 15) is 0 Å². The highest BCUT2D eigenvalue weighted by Gasteiger charge is 2.22. The van der Waals surface area contributed by atoms with Crippen LogP contribution in [0.4, 0.5) is 0 Å². The molecule has 1 aromatic rings. The van der Waals surface area contributed by atoms with Crippen LogP contribution in [0.3, 0.4) is 0 Å². The van der Waals surface area contributed by atoms with E-state index in [1.165, 1.54) is 0 Å². The predicted octanol–water partition coefficient (Wildman–Crippen LogP) is 1.98. The van der Waals surface area contributed by atoms with Crippen molar-refractivity contribution in [1.82, 2.24) is 0 Å². The normalized spacial score (nSPS) is 11.7. The number of halogens is 1. The van der Waals surface area contributed by atoms with E-state index in [-0.39, 0.29) is 13.2 Å². The molecule has 0 heterocycles. The molecule has 0 aromatic heterocycles. The molecule has 2 N–H and O–H groups in total. The Hall–Kier alpha value is -0.380. The van der Waals surface area contributed by atoms with Gasteiger partial charge in [-0.15, -0.1) is 0 Å². The third kappa shape index (κ3) is 3.08. The number of hydrogen-bond acceptors (Lipinski definition) is 2. The lowest BCUT2D eigenvalue weighted by molar-refractivity contribution is 0.0704. The van der Waals surface area contributed by atoms with Gasteiger partial charge < -0.3 is 10.2 Å². The van der Waals surface area contributed by atoms with Gasteiger partial charge in [0, 0.05) is 9.89 Å². The SMILES string of the molecule is CC(CO)(CO)Cc1ccc(Br)cc1. The van der Waals surface area contributed by atoms with Crippen molar-refractivity contribution in [3.8, 4) is 0 Å². The highest BCUT2D eigenvalue weighted by molar-refractivity contribution is 9.10. The van der Waals surface area contributed by atoms with Crippen LogP contribution >= 0.6 is 15.9 Å². The average Bonchev–Trinajstić information content (AvgIpc) is 2.21. The van der Waals surface area contributed by atoms with Crippen molar-refractivity contribution in [3.05, 3.63) is 34.3 Å². The van der Waals surface area contributed by atoms with E-state index in [4.69, 9.17) is 10.2 Å². The Bertz CT molecular complexity index is 278. The van der Waals surface area contributed by atoms with Gasteiger partial charge in [-0.2, -0.15) is 0 Å². The summed E-state index contributed by atoms with van der Waals surface area (Å²) in [5.74, 6) is 0. The summed E-state index contributed by atoms with van der Waals surface area (Å²) >= 11 is 3.36. The summed E-state index contributed by atoms with van der Waals surface area (Å²) in [6, 6.07) is 7.91. The summed E-state index contributed by atoms with van der Waals surface area (Å²) in [5, 5.41) is 18.3. The van der Waals surface area contributed by atoms with Gasteiger partial charge in [0.15, 0.2) is 0 Å². The predicted molar refractivity (Wildman–Crippen MR) is 60.1 cm³/mol. The third-order valence-corrected chi connectivity index (χ3v) is 2.84. The molecule has 0 fully saturated rings. The maximum atomic E-state index is 9.13. The minimum absolute atomic E-state index is 0.000433. The molecule has 0 bridgehead atoms. The first-order valence-electron chi connectivity index (χ1n) is 4.56. The zero-order chi connectivity index (χ0) is 10.6. The Morgan fingerprint density at radius 1 is 1.14 bits per heavy atom. The van der Waals surface area contributed by atoms with E-state index in [2.05, 4.69) is 15.9 Å². The topological polar surface area (TPSA) is 40.5 Å². The fourth-order valence-corrected chi connectivity index (χ4v) is 1.52. The van der Waals surface area contributed by atoms with Crippen LogP contribution in [0.25, 0.3) is 0 Å². The largest absolute Gasteiger partial charge is 0.396 e. The molecule has 1 rings (SSSR count). The monoisotopic (exact) mass is 258 g/mol. The first-order chi connectivity index (χ1) is 6.59. The number of aliphatic hydroxyl groups excluding tert-OH is 2. The van der Waals surface area contributed by atoms with Crippen LogP contribution in [0.5, 0.6) is 0 Å². The Kier molecular flexibility index (Phi) is 4.11. The third-order valence-electron chi connectivity index (χ3n) is 2.31. The lowest BCUT2D eigenvalue weighted by Crippen LogP contribution is -2.28. The second-order valence-corrected chi connectivity index (χ2v) is 4.85. The maximum absolute atomic E-state index is 9.13. The van der Waals surface area contributed by atoms with E-state index < -0.39 is 5.41 Å². The second kappa shape index (κ2) is 4.91. The molecule has 0 aliphatic rings. The van der Waals surface area contributed by atoms with Crippen molar-refractivity contribution in [2.75, 3.05) is 13.2 Å². The molecule has 14 heavy (non-hydrogen) atoms. The van der Waals surface area contributed by atoms with Crippen molar-refractivity contribution >= 4 is 15.9 Å². The van der Waals surface area contributed by atoms with Crippen molar-refractivity contribution in [2.24, 2.45) is 5.41 Å². The quantitative estimate of drug-likeness (QED) is 0.868. The van der Waals surface area contributed by atoms with Gasteiger partial charge in [0.25, 0.3) is 0 Å². The van der Waals surface area contributed by atoms with Crippen LogP contribution in [-0.4, -0.2) is 23.4 Å². The van der Waals surface area contributed by atoms with Crippen molar-refractivity contribution in [3.63, 3.8) is 0 Å². The van der Waals surface area contributed by atoms with Crippen LogP contribution in [0.2, 0.25) is 0 Å². The maximum Gasteiger partial charge on any atom is 0.0509 e. The molecular formula is C11H15BrO2. The number of hydrogen-bond donors (Lipinski definition) is 2. The smallest absolute Gasteiger partial charge is 0.0509 e. The van der Waals surface area contributed by atoms with Gasteiger partial charge >= 0.3 is 0 Å². The Balaban J connectivity index is 2.72. The molecule has 0 radical (unpaired) electrons. The molecule has 0 spiro atoms. The zero-order valence-electron chi connectivity index (χ0n) is 8.20. The summed E-state index contributed by atoms with van der Waals surface area (Å²) < 4.78 is 1.04. The highest BCUT2D eigenvalue weighted by atomic mass is 79.9. The molecule has 0 atom stereocenters. The number of aliphatic hydroxyl groups is 2. The Morgan fingerprint density at radius 2 is 1.64 bits per heavy atom. The van der Waals surface area contributed by atoms with Crippen LogP contribution in [0.15, 0.2) is 28.7 Å². The van der Waals surface area contributed by atoms with Crippen molar-refractivity contribution in [2.45, 2.75) is 13.3 Å². The lowest BCUT2D eigenvalue weighted by atomic mass is 9.85. The number of rotatable bonds is 4. The molecule has 0 unspecified atom stereocenters. The molecule has 0 aliphatic heterocycles. The first kappa shape index (κ1) is 11.7. The Labute approximate surface area is 92.7 Å². The summed E-state index contributed by atoms with van der Waals surface area (Å²) in [6.07, 6.45) is 0.688. The van der Waals surface area contributed by atoms with Crippen LogP contribution in [0.1, 0.15) is 12.5 Å². The zero-order valence-corrected chi connectivity index (χ0v) is 9.79.